The van der Waals surface area contributed by atoms with Crippen molar-refractivity contribution < 1.29 is 19.1 Å². The number of nitrogens with one attached hydrogen (secondary N) is 1. The number of thioether (sulfide) groups is 1. The van der Waals surface area contributed by atoms with E-state index in [1.165, 1.54) is 4.90 Å². The van der Waals surface area contributed by atoms with Crippen LogP contribution in [0.25, 0.3) is 6.08 Å². The summed E-state index contributed by atoms with van der Waals surface area (Å²) in [6.07, 6.45) is 1.66. The topological polar surface area (TPSA) is 75.7 Å². The van der Waals surface area contributed by atoms with Crippen LogP contribution in [0.1, 0.15) is 16.7 Å². The minimum Gasteiger partial charge on any atom is -0.484 e. The van der Waals surface area contributed by atoms with Crippen molar-refractivity contribution in [3.8, 4) is 5.75 Å². The summed E-state index contributed by atoms with van der Waals surface area (Å²) in [4.78, 5) is 39.1. The highest BCUT2D eigenvalue weighted by Crippen LogP contribution is 2.34. The van der Waals surface area contributed by atoms with Crippen molar-refractivity contribution in [2.45, 2.75) is 13.5 Å². The Hall–Kier alpha value is -3.36. The molecule has 0 atom stereocenters. The van der Waals surface area contributed by atoms with Crippen molar-refractivity contribution in [1.29, 1.82) is 0 Å². The van der Waals surface area contributed by atoms with Crippen LogP contribution in [0.2, 0.25) is 0 Å². The fourth-order valence-corrected chi connectivity index (χ4v) is 4.60. The van der Waals surface area contributed by atoms with Crippen LogP contribution in [0.3, 0.4) is 0 Å². The van der Waals surface area contributed by atoms with Crippen molar-refractivity contribution in [3.63, 3.8) is 0 Å². The van der Waals surface area contributed by atoms with E-state index >= 15 is 0 Å². The first-order chi connectivity index (χ1) is 16.4. The van der Waals surface area contributed by atoms with E-state index in [1.807, 2.05) is 55.5 Å². The molecule has 1 heterocycles. The summed E-state index contributed by atoms with van der Waals surface area (Å²) < 4.78 is 6.46. The van der Waals surface area contributed by atoms with E-state index in [2.05, 4.69) is 21.2 Å². The van der Waals surface area contributed by atoms with Crippen molar-refractivity contribution in [2.24, 2.45) is 0 Å². The second-order valence-corrected chi connectivity index (χ2v) is 9.49. The number of halogens is 1. The van der Waals surface area contributed by atoms with E-state index in [-0.39, 0.29) is 30.2 Å². The normalized spacial score (nSPS) is 14.5. The minimum atomic E-state index is -0.338. The number of ether oxygens (including phenoxy) is 1. The standard InChI is InChI=1S/C26H21BrN2O4S/c1-17-6-4-9-20(12-17)28-24(30)16-33-21-10-5-7-18(13-21)14-23-25(31)29(26(32)34-23)15-19-8-2-3-11-22(19)27/h2-14H,15-16H2,1H3,(H,28,30)/b23-14-. The first-order valence-electron chi connectivity index (χ1n) is 10.5. The molecule has 0 aromatic heterocycles. The molecule has 172 valence electrons. The number of carbonyl (C=O) groups is 3. The number of imide groups is 1. The SMILES string of the molecule is Cc1cccc(NC(=O)COc2cccc(/C=C3\SC(=O)N(Cc4ccccc4Br)C3=O)c2)c1. The molecule has 1 aliphatic rings. The van der Waals surface area contributed by atoms with Gasteiger partial charge in [-0.1, -0.05) is 58.4 Å². The predicted molar refractivity (Wildman–Crippen MR) is 137 cm³/mol. The van der Waals surface area contributed by atoms with Gasteiger partial charge in [-0.25, -0.2) is 0 Å². The Balaban J connectivity index is 1.40. The van der Waals surface area contributed by atoms with Crippen LogP contribution in [0.15, 0.2) is 82.2 Å². The largest absolute Gasteiger partial charge is 0.484 e. The molecule has 1 saturated heterocycles. The highest BCUT2D eigenvalue weighted by Gasteiger charge is 2.35. The van der Waals surface area contributed by atoms with Gasteiger partial charge in [-0.15, -0.1) is 0 Å². The molecular formula is C26H21BrN2O4S. The number of nitrogens with zero attached hydrogens (tertiary/aromatic N) is 1. The Kier molecular flexibility index (Phi) is 7.49. The molecular weight excluding hydrogens is 516 g/mol. The van der Waals surface area contributed by atoms with Gasteiger partial charge in [-0.05, 0) is 71.8 Å². The van der Waals surface area contributed by atoms with Gasteiger partial charge in [0.05, 0.1) is 11.4 Å². The Bertz CT molecular complexity index is 1290. The maximum absolute atomic E-state index is 12.8. The lowest BCUT2D eigenvalue weighted by atomic mass is 10.2. The summed E-state index contributed by atoms with van der Waals surface area (Å²) in [6.45, 7) is 2.00. The number of hydrogen-bond donors (Lipinski definition) is 1. The van der Waals surface area contributed by atoms with E-state index in [1.54, 1.807) is 30.3 Å². The molecule has 3 aromatic carbocycles. The smallest absolute Gasteiger partial charge is 0.293 e. The van der Waals surface area contributed by atoms with Gasteiger partial charge >= 0.3 is 0 Å². The quantitative estimate of drug-likeness (QED) is 0.374. The van der Waals surface area contributed by atoms with Gasteiger partial charge in [0.25, 0.3) is 17.1 Å². The molecule has 0 aliphatic carbocycles. The summed E-state index contributed by atoms with van der Waals surface area (Å²) in [5.74, 6) is -0.126. The molecule has 8 heteroatoms. The molecule has 6 nitrogen and oxygen atoms in total. The molecule has 3 amide bonds. The van der Waals surface area contributed by atoms with Gasteiger partial charge < -0.3 is 10.1 Å². The van der Waals surface area contributed by atoms with Crippen LogP contribution >= 0.6 is 27.7 Å². The molecule has 0 bridgehead atoms. The summed E-state index contributed by atoms with van der Waals surface area (Å²) in [5.41, 5.74) is 3.31. The van der Waals surface area contributed by atoms with Gasteiger partial charge in [0.15, 0.2) is 6.61 Å². The van der Waals surface area contributed by atoms with Gasteiger partial charge in [-0.2, -0.15) is 0 Å². The third-order valence-corrected chi connectivity index (χ3v) is 6.67. The minimum absolute atomic E-state index is 0.153. The van der Waals surface area contributed by atoms with Crippen molar-refractivity contribution >= 4 is 56.5 Å². The number of anilines is 1. The average Bonchev–Trinajstić information content (AvgIpc) is 3.07. The Morgan fingerprint density at radius 1 is 1.06 bits per heavy atom. The highest BCUT2D eigenvalue weighted by atomic mass is 79.9. The third kappa shape index (κ3) is 5.95. The van der Waals surface area contributed by atoms with Crippen LogP contribution in [-0.4, -0.2) is 28.6 Å². The van der Waals surface area contributed by atoms with Gasteiger partial charge in [0, 0.05) is 10.2 Å². The molecule has 3 aromatic rings. The lowest BCUT2D eigenvalue weighted by Crippen LogP contribution is -2.27. The van der Waals surface area contributed by atoms with E-state index in [0.29, 0.717) is 21.9 Å². The first kappa shape index (κ1) is 23.8. The van der Waals surface area contributed by atoms with E-state index < -0.39 is 0 Å². The monoisotopic (exact) mass is 536 g/mol. The summed E-state index contributed by atoms with van der Waals surface area (Å²) in [7, 11) is 0. The Morgan fingerprint density at radius 3 is 2.65 bits per heavy atom. The molecule has 1 fully saturated rings. The van der Waals surface area contributed by atoms with E-state index in [9.17, 15) is 14.4 Å². The molecule has 1 aliphatic heterocycles. The molecule has 0 radical (unpaired) electrons. The van der Waals surface area contributed by atoms with Crippen LogP contribution in [0.5, 0.6) is 5.75 Å². The Morgan fingerprint density at radius 2 is 1.85 bits per heavy atom. The lowest BCUT2D eigenvalue weighted by Gasteiger charge is -2.13. The summed E-state index contributed by atoms with van der Waals surface area (Å²) in [6, 6.07) is 22.0. The van der Waals surface area contributed by atoms with Gasteiger partial charge in [0.1, 0.15) is 5.75 Å². The predicted octanol–water partition coefficient (Wildman–Crippen LogP) is 6.01. The van der Waals surface area contributed by atoms with Crippen LogP contribution in [0, 0.1) is 6.92 Å². The first-order valence-corrected chi connectivity index (χ1v) is 12.1. The Labute approximate surface area is 210 Å². The maximum Gasteiger partial charge on any atom is 0.293 e. The molecule has 1 N–H and O–H groups in total. The fraction of sp³-hybridized carbons (Fsp3) is 0.115. The van der Waals surface area contributed by atoms with Crippen LogP contribution in [-0.2, 0) is 16.1 Å². The lowest BCUT2D eigenvalue weighted by molar-refractivity contribution is -0.123. The zero-order valence-electron chi connectivity index (χ0n) is 18.3. The second-order valence-electron chi connectivity index (χ2n) is 7.64. The summed E-state index contributed by atoms with van der Waals surface area (Å²) >= 11 is 4.36. The van der Waals surface area contributed by atoms with Gasteiger partial charge in [-0.3, -0.25) is 19.3 Å². The zero-order chi connectivity index (χ0) is 24.1. The number of carbonyl (C=O) groups excluding carboxylic acids is 3. The fourth-order valence-electron chi connectivity index (χ4n) is 3.35. The molecule has 0 saturated carbocycles. The van der Waals surface area contributed by atoms with Crippen molar-refractivity contribution in [2.75, 3.05) is 11.9 Å². The zero-order valence-corrected chi connectivity index (χ0v) is 20.7. The van der Waals surface area contributed by atoms with Crippen molar-refractivity contribution in [3.05, 3.63) is 98.9 Å². The molecule has 4 rings (SSSR count). The highest BCUT2D eigenvalue weighted by molar-refractivity contribution is 9.10. The third-order valence-electron chi connectivity index (χ3n) is 4.99. The van der Waals surface area contributed by atoms with Crippen molar-refractivity contribution in [1.82, 2.24) is 4.90 Å². The van der Waals surface area contributed by atoms with Crippen LogP contribution in [0.4, 0.5) is 10.5 Å². The second kappa shape index (κ2) is 10.7. The molecule has 0 unspecified atom stereocenters. The molecule has 0 spiro atoms. The number of rotatable bonds is 7. The van der Waals surface area contributed by atoms with Crippen LogP contribution < -0.4 is 10.1 Å². The van der Waals surface area contributed by atoms with Gasteiger partial charge in [0.2, 0.25) is 0 Å². The average molecular weight is 537 g/mol. The summed E-state index contributed by atoms with van der Waals surface area (Å²) in [5, 5.41) is 2.48. The number of aryl methyl sites for hydroxylation is 1. The number of hydrogen-bond acceptors (Lipinski definition) is 5. The maximum atomic E-state index is 12.8. The number of amides is 3. The number of benzene rings is 3. The van der Waals surface area contributed by atoms with E-state index in [4.69, 9.17) is 4.74 Å². The molecule has 34 heavy (non-hydrogen) atoms. The van der Waals surface area contributed by atoms with E-state index in [0.717, 1.165) is 27.4 Å².